The van der Waals surface area contributed by atoms with Gasteiger partial charge in [-0.05, 0) is 57.9 Å². The smallest absolute Gasteiger partial charge is 0.323 e. The highest BCUT2D eigenvalue weighted by molar-refractivity contribution is 5.76. The third kappa shape index (κ3) is 3.01. The first-order chi connectivity index (χ1) is 8.22. The molecule has 2 aliphatic rings. The van der Waals surface area contributed by atoms with Gasteiger partial charge in [0.05, 0.1) is 6.61 Å². The number of carbonyl (C=O) groups is 1. The molecule has 2 rings (SSSR count). The summed E-state index contributed by atoms with van der Waals surface area (Å²) in [5, 5.41) is 0. The number of hydrogen-bond acceptors (Lipinski definition) is 3. The van der Waals surface area contributed by atoms with E-state index in [2.05, 4.69) is 11.8 Å². The van der Waals surface area contributed by atoms with Crippen LogP contribution >= 0.6 is 0 Å². The SMILES string of the molecule is CCOC(=O)C1CCCN1C1CCC(C)CC1. The van der Waals surface area contributed by atoms with Gasteiger partial charge in [0.15, 0.2) is 0 Å². The fourth-order valence-electron chi connectivity index (χ4n) is 3.29. The van der Waals surface area contributed by atoms with E-state index in [1.165, 1.54) is 25.7 Å². The highest BCUT2D eigenvalue weighted by Gasteiger charge is 2.37. The number of hydrogen-bond donors (Lipinski definition) is 0. The second-order valence-electron chi connectivity index (χ2n) is 5.56. The van der Waals surface area contributed by atoms with E-state index in [1.807, 2.05) is 6.92 Å². The average Bonchev–Trinajstić information content (AvgIpc) is 2.79. The summed E-state index contributed by atoms with van der Waals surface area (Å²) in [4.78, 5) is 14.3. The minimum absolute atomic E-state index is 0.00335. The van der Waals surface area contributed by atoms with Gasteiger partial charge in [-0.25, -0.2) is 0 Å². The number of carbonyl (C=O) groups excluding carboxylic acids is 1. The lowest BCUT2D eigenvalue weighted by atomic mass is 9.86. The van der Waals surface area contributed by atoms with Gasteiger partial charge in [-0.2, -0.15) is 0 Å². The zero-order chi connectivity index (χ0) is 12.3. The molecular weight excluding hydrogens is 214 g/mol. The first-order valence-corrected chi connectivity index (χ1v) is 7.14. The predicted octanol–water partition coefficient (Wildman–Crippen LogP) is 2.59. The molecule has 2 fully saturated rings. The molecule has 0 aromatic rings. The van der Waals surface area contributed by atoms with Crippen molar-refractivity contribution in [2.75, 3.05) is 13.2 Å². The molecule has 1 unspecified atom stereocenters. The maximum Gasteiger partial charge on any atom is 0.323 e. The van der Waals surface area contributed by atoms with Gasteiger partial charge in [-0.3, -0.25) is 9.69 Å². The van der Waals surface area contributed by atoms with Gasteiger partial charge in [0.1, 0.15) is 6.04 Å². The lowest BCUT2D eigenvalue weighted by Crippen LogP contribution is -2.45. The van der Waals surface area contributed by atoms with E-state index in [-0.39, 0.29) is 12.0 Å². The zero-order valence-corrected chi connectivity index (χ0v) is 11.2. The molecular formula is C14H25NO2. The lowest BCUT2D eigenvalue weighted by Gasteiger charge is -2.36. The summed E-state index contributed by atoms with van der Waals surface area (Å²) < 4.78 is 5.19. The van der Waals surface area contributed by atoms with Crippen molar-refractivity contribution in [1.82, 2.24) is 4.90 Å². The Labute approximate surface area is 105 Å². The first kappa shape index (κ1) is 12.9. The Bertz CT molecular complexity index is 259. The van der Waals surface area contributed by atoms with Crippen molar-refractivity contribution >= 4 is 5.97 Å². The molecule has 0 aromatic heterocycles. The first-order valence-electron chi connectivity index (χ1n) is 7.14. The molecule has 0 bridgehead atoms. The van der Waals surface area contributed by atoms with E-state index in [4.69, 9.17) is 4.74 Å². The van der Waals surface area contributed by atoms with E-state index in [0.29, 0.717) is 12.6 Å². The number of ether oxygens (including phenoxy) is 1. The van der Waals surface area contributed by atoms with Crippen LogP contribution in [-0.2, 0) is 9.53 Å². The van der Waals surface area contributed by atoms with Crippen molar-refractivity contribution in [3.63, 3.8) is 0 Å². The topological polar surface area (TPSA) is 29.5 Å². The van der Waals surface area contributed by atoms with Crippen molar-refractivity contribution in [2.45, 2.75) is 64.5 Å². The van der Waals surface area contributed by atoms with Crippen molar-refractivity contribution in [1.29, 1.82) is 0 Å². The molecule has 0 radical (unpaired) electrons. The van der Waals surface area contributed by atoms with Crippen molar-refractivity contribution in [3.8, 4) is 0 Å². The van der Waals surface area contributed by atoms with Crippen LogP contribution < -0.4 is 0 Å². The number of likely N-dealkylation sites (tertiary alicyclic amines) is 1. The molecule has 1 saturated heterocycles. The van der Waals surface area contributed by atoms with Crippen LogP contribution in [0.1, 0.15) is 52.4 Å². The minimum Gasteiger partial charge on any atom is -0.465 e. The molecule has 1 aliphatic carbocycles. The summed E-state index contributed by atoms with van der Waals surface area (Å²) in [6, 6.07) is 0.677. The standard InChI is InChI=1S/C14H25NO2/c1-3-17-14(16)13-5-4-10-15(13)12-8-6-11(2)7-9-12/h11-13H,3-10H2,1-2H3. The monoisotopic (exact) mass is 239 g/mol. The van der Waals surface area contributed by atoms with Gasteiger partial charge >= 0.3 is 5.97 Å². The fourth-order valence-corrected chi connectivity index (χ4v) is 3.29. The van der Waals surface area contributed by atoms with Gasteiger partial charge in [0.2, 0.25) is 0 Å². The predicted molar refractivity (Wildman–Crippen MR) is 67.8 cm³/mol. The number of nitrogens with zero attached hydrogens (tertiary/aromatic N) is 1. The van der Waals surface area contributed by atoms with Crippen LogP contribution in [0.4, 0.5) is 0 Å². The Morgan fingerprint density at radius 1 is 1.24 bits per heavy atom. The Kier molecular flexibility index (Phi) is 4.43. The van der Waals surface area contributed by atoms with Crippen LogP contribution in [-0.4, -0.2) is 36.1 Å². The summed E-state index contributed by atoms with van der Waals surface area (Å²) in [5.74, 6) is 0.874. The summed E-state index contributed by atoms with van der Waals surface area (Å²) in [6.45, 7) is 5.82. The summed E-state index contributed by atoms with van der Waals surface area (Å²) >= 11 is 0. The largest absolute Gasteiger partial charge is 0.465 e. The van der Waals surface area contributed by atoms with Crippen LogP contribution in [0.2, 0.25) is 0 Å². The fraction of sp³-hybridized carbons (Fsp3) is 0.929. The van der Waals surface area contributed by atoms with Crippen LogP contribution in [0.25, 0.3) is 0 Å². The van der Waals surface area contributed by atoms with E-state index >= 15 is 0 Å². The van der Waals surface area contributed by atoms with Crippen LogP contribution in [0.5, 0.6) is 0 Å². The van der Waals surface area contributed by atoms with Gasteiger partial charge in [0, 0.05) is 6.04 Å². The molecule has 1 aliphatic heterocycles. The van der Waals surface area contributed by atoms with Gasteiger partial charge in [0.25, 0.3) is 0 Å². The van der Waals surface area contributed by atoms with Crippen molar-refractivity contribution in [3.05, 3.63) is 0 Å². The second-order valence-corrected chi connectivity index (χ2v) is 5.56. The molecule has 0 N–H and O–H groups in total. The maximum atomic E-state index is 11.9. The zero-order valence-electron chi connectivity index (χ0n) is 11.2. The third-order valence-electron chi connectivity index (χ3n) is 4.31. The lowest BCUT2D eigenvalue weighted by molar-refractivity contribution is -0.149. The second kappa shape index (κ2) is 5.85. The molecule has 0 spiro atoms. The Balaban J connectivity index is 1.92. The maximum absolute atomic E-state index is 11.9. The van der Waals surface area contributed by atoms with Gasteiger partial charge in [-0.15, -0.1) is 0 Å². The quantitative estimate of drug-likeness (QED) is 0.709. The van der Waals surface area contributed by atoms with E-state index < -0.39 is 0 Å². The van der Waals surface area contributed by atoms with E-state index in [9.17, 15) is 4.79 Å². The van der Waals surface area contributed by atoms with Crippen molar-refractivity contribution < 1.29 is 9.53 Å². The molecule has 98 valence electrons. The molecule has 0 aromatic carbocycles. The molecule has 0 amide bonds. The van der Waals surface area contributed by atoms with Crippen LogP contribution in [0.15, 0.2) is 0 Å². The highest BCUT2D eigenvalue weighted by atomic mass is 16.5. The van der Waals surface area contributed by atoms with E-state index in [0.717, 1.165) is 25.3 Å². The Morgan fingerprint density at radius 3 is 2.59 bits per heavy atom. The van der Waals surface area contributed by atoms with E-state index in [1.54, 1.807) is 0 Å². The normalized spacial score (nSPS) is 34.8. The average molecular weight is 239 g/mol. The highest BCUT2D eigenvalue weighted by Crippen LogP contribution is 2.31. The summed E-state index contributed by atoms with van der Waals surface area (Å²) in [5.41, 5.74) is 0. The summed E-state index contributed by atoms with van der Waals surface area (Å²) in [7, 11) is 0. The van der Waals surface area contributed by atoms with Gasteiger partial charge < -0.3 is 4.74 Å². The minimum atomic E-state index is 0.00335. The molecule has 3 nitrogen and oxygen atoms in total. The van der Waals surface area contributed by atoms with Gasteiger partial charge in [-0.1, -0.05) is 6.92 Å². The van der Waals surface area contributed by atoms with Crippen LogP contribution in [0, 0.1) is 5.92 Å². The van der Waals surface area contributed by atoms with Crippen LogP contribution in [0.3, 0.4) is 0 Å². The molecule has 1 heterocycles. The van der Waals surface area contributed by atoms with Crippen molar-refractivity contribution in [2.24, 2.45) is 5.92 Å². The number of rotatable bonds is 3. The third-order valence-corrected chi connectivity index (χ3v) is 4.31. The Hall–Kier alpha value is -0.570. The Morgan fingerprint density at radius 2 is 1.94 bits per heavy atom. The molecule has 3 heteroatoms. The summed E-state index contributed by atoms with van der Waals surface area (Å²) in [6.07, 6.45) is 7.29. The molecule has 17 heavy (non-hydrogen) atoms. The number of esters is 1. The molecule has 1 saturated carbocycles. The molecule has 1 atom stereocenters.